The van der Waals surface area contributed by atoms with E-state index in [1.54, 1.807) is 12.1 Å². The monoisotopic (exact) mass is 496 g/mol. The van der Waals surface area contributed by atoms with E-state index in [9.17, 15) is 14.7 Å². The first-order valence-electron chi connectivity index (χ1n) is 12.7. The summed E-state index contributed by atoms with van der Waals surface area (Å²) in [6.45, 7) is 6.39. The summed E-state index contributed by atoms with van der Waals surface area (Å²) < 4.78 is 18.2. The number of carbonyl (C=O) groups is 2. The van der Waals surface area contributed by atoms with E-state index < -0.39 is 5.97 Å². The SMILES string of the molecule is CCCc1c(OCCCOc2ccc3c(c2CCC)OC(CCC(=O)O)C=C3)ccc(C(C)=O)c1O. The van der Waals surface area contributed by atoms with E-state index in [2.05, 4.69) is 6.92 Å². The minimum Gasteiger partial charge on any atom is -0.507 e. The molecule has 3 rings (SSSR count). The van der Waals surface area contributed by atoms with Crippen molar-refractivity contribution in [3.05, 3.63) is 52.6 Å². The molecule has 0 spiro atoms. The van der Waals surface area contributed by atoms with Crippen LogP contribution >= 0.6 is 0 Å². The van der Waals surface area contributed by atoms with Gasteiger partial charge in [0.05, 0.1) is 18.8 Å². The smallest absolute Gasteiger partial charge is 0.303 e. The Labute approximate surface area is 212 Å². The summed E-state index contributed by atoms with van der Waals surface area (Å²) in [5.41, 5.74) is 2.94. The lowest BCUT2D eigenvalue weighted by Gasteiger charge is -2.25. The number of aromatic hydroxyl groups is 1. The molecule has 36 heavy (non-hydrogen) atoms. The Morgan fingerprint density at radius 1 is 0.972 bits per heavy atom. The molecule has 1 atom stereocenters. The second kappa shape index (κ2) is 13.0. The zero-order valence-corrected chi connectivity index (χ0v) is 21.3. The Kier molecular flexibility index (Phi) is 9.79. The van der Waals surface area contributed by atoms with Gasteiger partial charge < -0.3 is 24.4 Å². The third kappa shape index (κ3) is 6.80. The van der Waals surface area contributed by atoms with Gasteiger partial charge in [-0.25, -0.2) is 0 Å². The van der Waals surface area contributed by atoms with Gasteiger partial charge in [0.2, 0.25) is 0 Å². The van der Waals surface area contributed by atoms with Gasteiger partial charge in [-0.15, -0.1) is 0 Å². The maximum atomic E-state index is 11.8. The van der Waals surface area contributed by atoms with Crippen LogP contribution in [-0.2, 0) is 17.6 Å². The lowest BCUT2D eigenvalue weighted by Crippen LogP contribution is -2.19. The highest BCUT2D eigenvalue weighted by molar-refractivity contribution is 5.97. The highest BCUT2D eigenvalue weighted by Crippen LogP contribution is 2.38. The lowest BCUT2D eigenvalue weighted by molar-refractivity contribution is -0.137. The lowest BCUT2D eigenvalue weighted by atomic mass is 9.99. The number of carboxylic acids is 1. The number of hydrogen-bond donors (Lipinski definition) is 2. The van der Waals surface area contributed by atoms with E-state index in [4.69, 9.17) is 19.3 Å². The molecular weight excluding hydrogens is 460 g/mol. The number of ether oxygens (including phenoxy) is 3. The van der Waals surface area contributed by atoms with E-state index in [0.717, 1.165) is 41.9 Å². The molecule has 7 nitrogen and oxygen atoms in total. The molecule has 0 bridgehead atoms. The first-order valence-corrected chi connectivity index (χ1v) is 12.7. The molecule has 194 valence electrons. The molecule has 1 aliphatic heterocycles. The van der Waals surface area contributed by atoms with Crippen LogP contribution in [-0.4, -0.2) is 41.3 Å². The average molecular weight is 497 g/mol. The molecule has 2 N–H and O–H groups in total. The van der Waals surface area contributed by atoms with Gasteiger partial charge in [-0.05, 0) is 56.5 Å². The standard InChI is InChI=1S/C29H36O7/c1-4-7-23-25(15-13-22(19(3)30)28(23)33)34-17-6-18-35-26-14-10-20-9-11-21(12-16-27(31)32)36-29(20)24(26)8-5-2/h9-11,13-15,21,33H,4-8,12,16-18H2,1-3H3,(H,31,32). The summed E-state index contributed by atoms with van der Waals surface area (Å²) in [7, 11) is 0. The summed E-state index contributed by atoms with van der Waals surface area (Å²) >= 11 is 0. The molecule has 7 heteroatoms. The van der Waals surface area contributed by atoms with E-state index in [-0.39, 0.29) is 24.1 Å². The number of phenols is 1. The fourth-order valence-electron chi connectivity index (χ4n) is 4.29. The summed E-state index contributed by atoms with van der Waals surface area (Å²) in [6.07, 6.45) is 7.88. The molecule has 0 amide bonds. The third-order valence-electron chi connectivity index (χ3n) is 6.07. The Hall–Kier alpha value is -3.48. The van der Waals surface area contributed by atoms with Crippen molar-refractivity contribution in [1.82, 2.24) is 0 Å². The van der Waals surface area contributed by atoms with Crippen molar-refractivity contribution in [3.8, 4) is 23.0 Å². The van der Waals surface area contributed by atoms with Gasteiger partial charge in [0.15, 0.2) is 5.78 Å². The third-order valence-corrected chi connectivity index (χ3v) is 6.07. The fourth-order valence-corrected chi connectivity index (χ4v) is 4.29. The van der Waals surface area contributed by atoms with E-state index in [1.807, 2.05) is 31.2 Å². The maximum absolute atomic E-state index is 11.8. The molecule has 1 unspecified atom stereocenters. The molecule has 0 aromatic heterocycles. The summed E-state index contributed by atoms with van der Waals surface area (Å²) in [6, 6.07) is 7.26. The number of carboxylic acid groups (broad SMARTS) is 1. The Morgan fingerprint density at radius 3 is 2.25 bits per heavy atom. The molecule has 0 saturated heterocycles. The molecule has 2 aromatic rings. The van der Waals surface area contributed by atoms with Crippen LogP contribution in [0.25, 0.3) is 6.08 Å². The number of hydrogen-bond acceptors (Lipinski definition) is 6. The Bertz CT molecular complexity index is 1100. The summed E-state index contributed by atoms with van der Waals surface area (Å²) in [4.78, 5) is 22.7. The van der Waals surface area contributed by atoms with Crippen molar-refractivity contribution < 1.29 is 34.0 Å². The van der Waals surface area contributed by atoms with Crippen molar-refractivity contribution in [2.45, 2.75) is 71.8 Å². The second-order valence-electron chi connectivity index (χ2n) is 8.95. The number of fused-ring (bicyclic) bond motifs is 1. The molecule has 0 fully saturated rings. The van der Waals surface area contributed by atoms with Crippen LogP contribution in [0.3, 0.4) is 0 Å². The average Bonchev–Trinajstić information content (AvgIpc) is 2.85. The number of phenolic OH excluding ortho intramolecular Hbond substituents is 1. The molecule has 0 aliphatic carbocycles. The van der Waals surface area contributed by atoms with Crippen molar-refractivity contribution in [1.29, 1.82) is 0 Å². The van der Waals surface area contributed by atoms with Gasteiger partial charge in [-0.1, -0.05) is 32.8 Å². The zero-order chi connectivity index (χ0) is 26.1. The minimum absolute atomic E-state index is 0.00655. The van der Waals surface area contributed by atoms with Crippen LogP contribution in [0.15, 0.2) is 30.3 Å². The summed E-state index contributed by atoms with van der Waals surface area (Å²) in [5.74, 6) is 1.12. The number of aliphatic carboxylic acids is 1. The van der Waals surface area contributed by atoms with Crippen molar-refractivity contribution in [2.75, 3.05) is 13.2 Å². The predicted molar refractivity (Wildman–Crippen MR) is 138 cm³/mol. The van der Waals surface area contributed by atoms with Crippen LogP contribution in [0.2, 0.25) is 0 Å². The van der Waals surface area contributed by atoms with Crippen LogP contribution in [0.5, 0.6) is 23.0 Å². The Morgan fingerprint density at radius 2 is 1.61 bits per heavy atom. The molecular formula is C29H36O7. The van der Waals surface area contributed by atoms with Gasteiger partial charge in [0.25, 0.3) is 0 Å². The molecule has 1 heterocycles. The van der Waals surface area contributed by atoms with Gasteiger partial charge in [0.1, 0.15) is 29.1 Å². The van der Waals surface area contributed by atoms with Crippen LogP contribution in [0, 0.1) is 0 Å². The highest BCUT2D eigenvalue weighted by atomic mass is 16.5. The largest absolute Gasteiger partial charge is 0.507 e. The molecule has 0 saturated carbocycles. The highest BCUT2D eigenvalue weighted by Gasteiger charge is 2.22. The van der Waals surface area contributed by atoms with Gasteiger partial charge >= 0.3 is 5.97 Å². The zero-order valence-electron chi connectivity index (χ0n) is 21.3. The fraction of sp³-hybridized carbons (Fsp3) is 0.448. The number of benzene rings is 2. The Balaban J connectivity index is 1.62. The molecule has 2 aromatic carbocycles. The first kappa shape index (κ1) is 27.1. The van der Waals surface area contributed by atoms with Crippen molar-refractivity contribution >= 4 is 17.8 Å². The van der Waals surface area contributed by atoms with Crippen LogP contribution in [0.4, 0.5) is 0 Å². The number of ketones is 1. The maximum Gasteiger partial charge on any atom is 0.303 e. The van der Waals surface area contributed by atoms with Crippen molar-refractivity contribution in [2.24, 2.45) is 0 Å². The van der Waals surface area contributed by atoms with Crippen LogP contribution < -0.4 is 14.2 Å². The number of Topliss-reactive ketones (excluding diaryl/α,β-unsaturated/α-hetero) is 1. The van der Waals surface area contributed by atoms with Gasteiger partial charge in [-0.2, -0.15) is 0 Å². The molecule has 1 aliphatic rings. The van der Waals surface area contributed by atoms with E-state index in [0.29, 0.717) is 49.4 Å². The predicted octanol–water partition coefficient (Wildman–Crippen LogP) is 5.99. The minimum atomic E-state index is -0.835. The summed E-state index contributed by atoms with van der Waals surface area (Å²) in [5, 5.41) is 19.5. The second-order valence-corrected chi connectivity index (χ2v) is 8.95. The van der Waals surface area contributed by atoms with Gasteiger partial charge in [-0.3, -0.25) is 9.59 Å². The molecule has 0 radical (unpaired) electrons. The van der Waals surface area contributed by atoms with E-state index in [1.165, 1.54) is 6.92 Å². The first-order chi connectivity index (χ1) is 17.3. The van der Waals surface area contributed by atoms with Gasteiger partial charge in [0, 0.05) is 29.5 Å². The van der Waals surface area contributed by atoms with Crippen molar-refractivity contribution in [3.63, 3.8) is 0 Å². The normalized spacial score (nSPS) is 14.1. The number of rotatable bonds is 14. The topological polar surface area (TPSA) is 102 Å². The van der Waals surface area contributed by atoms with E-state index >= 15 is 0 Å². The number of carbonyl (C=O) groups excluding carboxylic acids is 1. The quantitative estimate of drug-likeness (QED) is 0.245. The van der Waals surface area contributed by atoms with Crippen LogP contribution in [0.1, 0.15) is 79.9 Å².